The number of hydrogen-bond donors (Lipinski definition) is 0. The summed E-state index contributed by atoms with van der Waals surface area (Å²) in [5, 5.41) is 0. The van der Waals surface area contributed by atoms with Crippen molar-refractivity contribution in [3.05, 3.63) is 0 Å². The predicted molar refractivity (Wildman–Crippen MR) is 19.1 cm³/mol. The first-order valence-electron chi connectivity index (χ1n) is 0.730. The van der Waals surface area contributed by atoms with Gasteiger partial charge >= 0.3 is 109 Å². The molecule has 0 unspecified atom stereocenters. The SMILES string of the molecule is O=P([O-])([O-])[O-].[Ca+2].[Sr+2].[Zr+2]. The molecule has 0 bridgehead atoms. The molecular weight excluding hydrogens is 314 g/mol. The third-order valence-electron chi connectivity index (χ3n) is 0. The van der Waals surface area contributed by atoms with Gasteiger partial charge < -0.3 is 19.2 Å². The van der Waals surface area contributed by atoms with Gasteiger partial charge in [0, 0.05) is 0 Å². The van der Waals surface area contributed by atoms with E-state index in [0.717, 1.165) is 0 Å². The summed E-state index contributed by atoms with van der Waals surface area (Å²) in [4.78, 5) is 25.6. The minimum absolute atomic E-state index is 0. The van der Waals surface area contributed by atoms with E-state index in [-0.39, 0.29) is 109 Å². The molecule has 0 aliphatic carbocycles. The molecule has 0 saturated heterocycles. The largest absolute Gasteiger partial charge is 2.00 e. The second-order valence-corrected chi connectivity index (χ2v) is 1.34. The van der Waals surface area contributed by atoms with Gasteiger partial charge in [-0.25, -0.2) is 0 Å². The molecule has 0 N–H and O–H groups in total. The van der Waals surface area contributed by atoms with E-state index in [1.165, 1.54) is 0 Å². The van der Waals surface area contributed by atoms with Gasteiger partial charge in [-0.2, -0.15) is 7.82 Å². The van der Waals surface area contributed by atoms with E-state index in [0.29, 0.717) is 0 Å². The number of hydrogen-bond acceptors (Lipinski definition) is 4. The summed E-state index contributed by atoms with van der Waals surface area (Å²) >= 11 is 0. The standard InChI is InChI=1S/Ca.H3O4P.Sr.Zr/c;1-5(2,3)4;;/h;(H3,1,2,3,4);;/q+2;;2*+2/p-3. The summed E-state index contributed by atoms with van der Waals surface area (Å²) < 4.78 is 8.55. The van der Waals surface area contributed by atoms with Crippen molar-refractivity contribution in [2.75, 3.05) is 0 Å². The van der Waals surface area contributed by atoms with Crippen molar-refractivity contribution >= 4 is 91.0 Å². The predicted octanol–water partition coefficient (Wildman–Crippen LogP) is -3.59. The topological polar surface area (TPSA) is 86.2 Å². The zero-order chi connectivity index (χ0) is 4.50. The molecule has 0 heterocycles. The molecule has 8 heavy (non-hydrogen) atoms. The monoisotopic (exact) mass is 313 g/mol. The Hall–Kier alpha value is 3.73. The van der Waals surface area contributed by atoms with E-state index >= 15 is 0 Å². The van der Waals surface area contributed by atoms with Crippen molar-refractivity contribution in [2.45, 2.75) is 0 Å². The van der Waals surface area contributed by atoms with E-state index in [1.807, 2.05) is 0 Å². The molecule has 0 atom stereocenters. The molecule has 0 aromatic rings. The van der Waals surface area contributed by atoms with Gasteiger partial charge in [0.05, 0.1) is 0 Å². The average molecular weight is 314 g/mol. The van der Waals surface area contributed by atoms with Gasteiger partial charge in [0.1, 0.15) is 0 Å². The second-order valence-electron chi connectivity index (χ2n) is 0.447. The Morgan fingerprint density at radius 2 is 1.12 bits per heavy atom. The smallest absolute Gasteiger partial charge is 0.822 e. The summed E-state index contributed by atoms with van der Waals surface area (Å²) in [7, 11) is -5.39. The maximum atomic E-state index is 8.55. The zero-order valence-corrected chi connectivity index (χ0v) is 13.0. The van der Waals surface area contributed by atoms with Crippen molar-refractivity contribution in [3.63, 3.8) is 0 Å². The maximum absolute atomic E-state index is 8.55. The Labute approximate surface area is 133 Å². The van der Waals surface area contributed by atoms with E-state index in [4.69, 9.17) is 19.2 Å². The molecule has 0 amide bonds. The van der Waals surface area contributed by atoms with Gasteiger partial charge in [-0.05, 0) is 0 Å². The first kappa shape index (κ1) is 22.6. The molecule has 0 saturated carbocycles. The van der Waals surface area contributed by atoms with Crippen molar-refractivity contribution < 1.29 is 45.4 Å². The second kappa shape index (κ2) is 10.7. The van der Waals surface area contributed by atoms with E-state index < -0.39 is 7.82 Å². The fourth-order valence-corrected chi connectivity index (χ4v) is 0. The van der Waals surface area contributed by atoms with Crippen LogP contribution < -0.4 is 14.7 Å². The Kier molecular flexibility index (Phi) is 30.3. The van der Waals surface area contributed by atoms with Crippen LogP contribution in [0.5, 0.6) is 0 Å². The van der Waals surface area contributed by atoms with Gasteiger partial charge in [0.2, 0.25) is 0 Å². The normalized spacial score (nSPS) is 7.38. The van der Waals surface area contributed by atoms with E-state index in [2.05, 4.69) is 0 Å². The van der Waals surface area contributed by atoms with Crippen molar-refractivity contribution in [2.24, 2.45) is 0 Å². The van der Waals surface area contributed by atoms with Crippen LogP contribution in [0, 0.1) is 0 Å². The third kappa shape index (κ3) is 53.3. The first-order chi connectivity index (χ1) is 2.00. The molecule has 0 radical (unpaired) electrons. The van der Waals surface area contributed by atoms with Crippen molar-refractivity contribution in [1.29, 1.82) is 0 Å². The van der Waals surface area contributed by atoms with Gasteiger partial charge in [-0.3, -0.25) is 0 Å². The summed E-state index contributed by atoms with van der Waals surface area (Å²) in [6.07, 6.45) is 0. The Balaban J connectivity index is -0.0000000267. The maximum Gasteiger partial charge on any atom is 2.00 e. The Morgan fingerprint density at radius 3 is 1.12 bits per heavy atom. The van der Waals surface area contributed by atoms with Gasteiger partial charge in [-0.15, -0.1) is 0 Å². The quantitative estimate of drug-likeness (QED) is 0.342. The summed E-state index contributed by atoms with van der Waals surface area (Å²) in [6.45, 7) is 0. The molecule has 4 nitrogen and oxygen atoms in total. The van der Waals surface area contributed by atoms with Crippen molar-refractivity contribution in [3.8, 4) is 0 Å². The van der Waals surface area contributed by atoms with Crippen LogP contribution in [-0.4, -0.2) is 83.2 Å². The van der Waals surface area contributed by atoms with Crippen LogP contribution in [0.3, 0.4) is 0 Å². The first-order valence-corrected chi connectivity index (χ1v) is 2.19. The summed E-state index contributed by atoms with van der Waals surface area (Å²) in [5.74, 6) is 0. The molecule has 0 aromatic carbocycles. The fraction of sp³-hybridized carbons (Fsp3) is 0. The molecule has 0 aromatic heterocycles. The Bertz CT molecular complexity index is 62.2. The molecule has 0 aliphatic heterocycles. The molecule has 8 heteroatoms. The van der Waals surface area contributed by atoms with Gasteiger partial charge in [0.15, 0.2) is 0 Å². The summed E-state index contributed by atoms with van der Waals surface area (Å²) in [6, 6.07) is 0. The summed E-state index contributed by atoms with van der Waals surface area (Å²) in [5.41, 5.74) is 0. The van der Waals surface area contributed by atoms with Crippen LogP contribution in [0.25, 0.3) is 0 Å². The van der Waals surface area contributed by atoms with Crippen LogP contribution in [0.15, 0.2) is 0 Å². The van der Waals surface area contributed by atoms with Crippen LogP contribution in [0.2, 0.25) is 0 Å². The van der Waals surface area contributed by atoms with Gasteiger partial charge in [0.25, 0.3) is 0 Å². The van der Waals surface area contributed by atoms with E-state index in [1.54, 1.807) is 0 Å². The number of phosphoric acid groups is 1. The molecule has 0 fully saturated rings. The average Bonchev–Trinajstić information content (AvgIpc) is 0.722. The van der Waals surface area contributed by atoms with Crippen molar-refractivity contribution in [1.82, 2.24) is 0 Å². The van der Waals surface area contributed by atoms with Crippen LogP contribution >= 0.6 is 7.82 Å². The molecule has 0 spiro atoms. The fourth-order valence-electron chi connectivity index (χ4n) is 0. The molecule has 0 aliphatic rings. The number of rotatable bonds is 0. The minimum Gasteiger partial charge on any atom is -0.822 e. The van der Waals surface area contributed by atoms with Crippen LogP contribution in [0.4, 0.5) is 0 Å². The van der Waals surface area contributed by atoms with E-state index in [9.17, 15) is 0 Å². The molecular formula is CaO4PSrZr+3. The Morgan fingerprint density at radius 1 is 1.12 bits per heavy atom. The van der Waals surface area contributed by atoms with Crippen LogP contribution in [0.1, 0.15) is 0 Å². The molecule has 0 rings (SSSR count). The van der Waals surface area contributed by atoms with Gasteiger partial charge in [-0.1, -0.05) is 0 Å². The molecule has 34 valence electrons. The third-order valence-corrected chi connectivity index (χ3v) is 0. The van der Waals surface area contributed by atoms with Crippen LogP contribution in [-0.2, 0) is 30.8 Å². The minimum atomic E-state index is -5.39. The zero-order valence-electron chi connectivity index (χ0n) is 3.99.